The molecule has 4 aromatic rings. The van der Waals surface area contributed by atoms with E-state index < -0.39 is 29.7 Å². The van der Waals surface area contributed by atoms with Crippen LogP contribution in [-0.4, -0.2) is 76.0 Å². The number of aliphatic hydroxyl groups is 2. The Morgan fingerprint density at radius 2 is 1.15 bits per heavy atom. The van der Waals surface area contributed by atoms with E-state index in [0.29, 0.717) is 11.5 Å². The summed E-state index contributed by atoms with van der Waals surface area (Å²) in [6, 6.07) is 26.3. The summed E-state index contributed by atoms with van der Waals surface area (Å²) in [5, 5.41) is 25.2. The molecule has 0 saturated carbocycles. The van der Waals surface area contributed by atoms with Crippen molar-refractivity contribution in [3.05, 3.63) is 84.9 Å². The van der Waals surface area contributed by atoms with Gasteiger partial charge in [-0.25, -0.2) is 4.79 Å². The highest BCUT2D eigenvalue weighted by molar-refractivity contribution is 6.06. The van der Waals surface area contributed by atoms with Crippen molar-refractivity contribution in [3.63, 3.8) is 0 Å². The van der Waals surface area contributed by atoms with Crippen molar-refractivity contribution in [1.29, 1.82) is 0 Å². The second-order valence-corrected chi connectivity index (χ2v) is 10.3. The van der Waals surface area contributed by atoms with Gasteiger partial charge in [0.15, 0.2) is 0 Å². The SMILES string of the molecule is CC1(C)C(=O)N(CC(O)COc2cccc3ccccc23)C(=O)N1CC(O)COc1cccc2ccccc12. The molecular weight excluding hydrogens is 496 g/mol. The number of ether oxygens (including phenoxy) is 2. The number of aliphatic hydroxyl groups excluding tert-OH is 2. The van der Waals surface area contributed by atoms with Gasteiger partial charge < -0.3 is 24.6 Å². The third-order valence-corrected chi connectivity index (χ3v) is 7.05. The van der Waals surface area contributed by atoms with Crippen LogP contribution in [0.1, 0.15) is 13.8 Å². The van der Waals surface area contributed by atoms with E-state index in [-0.39, 0.29) is 26.3 Å². The van der Waals surface area contributed by atoms with Gasteiger partial charge in [-0.15, -0.1) is 0 Å². The van der Waals surface area contributed by atoms with Gasteiger partial charge in [0.25, 0.3) is 5.91 Å². The number of carbonyl (C=O) groups excluding carboxylic acids is 2. The van der Waals surface area contributed by atoms with Crippen molar-refractivity contribution in [2.24, 2.45) is 0 Å². The average molecular weight is 529 g/mol. The number of hydrogen-bond acceptors (Lipinski definition) is 6. The highest BCUT2D eigenvalue weighted by Gasteiger charge is 2.51. The number of urea groups is 1. The molecular formula is C31H32N2O6. The Hall–Kier alpha value is -4.14. The molecule has 39 heavy (non-hydrogen) atoms. The van der Waals surface area contributed by atoms with Crippen LogP contribution in [-0.2, 0) is 4.79 Å². The summed E-state index contributed by atoms with van der Waals surface area (Å²) in [4.78, 5) is 28.7. The fraction of sp³-hybridized carbons (Fsp3) is 0.290. The molecule has 2 N–H and O–H groups in total. The minimum Gasteiger partial charge on any atom is -0.490 e. The summed E-state index contributed by atoms with van der Waals surface area (Å²) in [5.41, 5.74) is -1.19. The highest BCUT2D eigenvalue weighted by Crippen LogP contribution is 2.30. The van der Waals surface area contributed by atoms with Crippen LogP contribution in [0.2, 0.25) is 0 Å². The minimum absolute atomic E-state index is 0.0520. The van der Waals surface area contributed by atoms with Crippen LogP contribution >= 0.6 is 0 Å². The van der Waals surface area contributed by atoms with Crippen molar-refractivity contribution in [2.45, 2.75) is 31.6 Å². The number of carbonyl (C=O) groups is 2. The summed E-state index contributed by atoms with van der Waals surface area (Å²) in [6.07, 6.45) is -2.12. The smallest absolute Gasteiger partial charge is 0.327 e. The summed E-state index contributed by atoms with van der Waals surface area (Å²) in [6.45, 7) is 2.80. The van der Waals surface area contributed by atoms with Gasteiger partial charge in [0.2, 0.25) is 0 Å². The molecule has 0 radical (unpaired) electrons. The Morgan fingerprint density at radius 1 is 0.692 bits per heavy atom. The van der Waals surface area contributed by atoms with Crippen LogP contribution in [0, 0.1) is 0 Å². The second kappa shape index (κ2) is 10.9. The molecule has 2 atom stereocenters. The van der Waals surface area contributed by atoms with Gasteiger partial charge in [0, 0.05) is 10.8 Å². The summed E-state index contributed by atoms with van der Waals surface area (Å²) >= 11 is 0. The van der Waals surface area contributed by atoms with Gasteiger partial charge in [-0.1, -0.05) is 72.8 Å². The molecule has 5 rings (SSSR count). The lowest BCUT2D eigenvalue weighted by molar-refractivity contribution is -0.133. The third-order valence-electron chi connectivity index (χ3n) is 7.05. The molecule has 2 unspecified atom stereocenters. The van der Waals surface area contributed by atoms with Crippen molar-refractivity contribution >= 4 is 33.5 Å². The minimum atomic E-state index is -1.19. The Kier molecular flexibility index (Phi) is 7.41. The maximum absolute atomic E-state index is 13.2. The van der Waals surface area contributed by atoms with Crippen molar-refractivity contribution in [2.75, 3.05) is 26.3 Å². The summed E-state index contributed by atoms with van der Waals surface area (Å²) in [5.74, 6) is 0.799. The number of amides is 3. The van der Waals surface area contributed by atoms with E-state index in [0.717, 1.165) is 26.4 Å². The first kappa shape index (κ1) is 26.5. The largest absolute Gasteiger partial charge is 0.490 e. The molecule has 1 heterocycles. The Morgan fingerprint density at radius 3 is 1.69 bits per heavy atom. The standard InChI is InChI=1S/C31H32N2O6/c1-31(2)29(36)32(17-23(34)19-38-27-15-7-11-21-9-3-5-13-25(21)27)30(37)33(31)18-24(35)20-39-28-16-8-12-22-10-4-6-14-26(22)28/h3-16,23-24,34-35H,17-20H2,1-2H3. The number of β-amino-alcohol motifs (C(OH)–C–C–N with tert-alkyl or cyclic N) is 2. The lowest BCUT2D eigenvalue weighted by Crippen LogP contribution is -2.48. The number of rotatable bonds is 10. The highest BCUT2D eigenvalue weighted by atomic mass is 16.5. The Balaban J connectivity index is 1.19. The lowest BCUT2D eigenvalue weighted by atomic mass is 10.0. The van der Waals surface area contributed by atoms with E-state index in [1.807, 2.05) is 84.9 Å². The first-order chi connectivity index (χ1) is 18.8. The molecule has 8 heteroatoms. The van der Waals surface area contributed by atoms with Gasteiger partial charge in [0.1, 0.15) is 42.5 Å². The molecule has 0 spiro atoms. The normalized spacial score (nSPS) is 16.6. The number of fused-ring (bicyclic) bond motifs is 2. The van der Waals surface area contributed by atoms with Gasteiger partial charge >= 0.3 is 6.03 Å². The van der Waals surface area contributed by atoms with Gasteiger partial charge in [-0.2, -0.15) is 0 Å². The van der Waals surface area contributed by atoms with E-state index in [1.165, 1.54) is 4.90 Å². The van der Waals surface area contributed by atoms with Crippen LogP contribution in [0.3, 0.4) is 0 Å². The first-order valence-electron chi connectivity index (χ1n) is 13.0. The zero-order chi connectivity index (χ0) is 27.6. The maximum Gasteiger partial charge on any atom is 0.327 e. The van der Waals surface area contributed by atoms with E-state index >= 15 is 0 Å². The zero-order valence-corrected chi connectivity index (χ0v) is 22.0. The number of imide groups is 1. The van der Waals surface area contributed by atoms with E-state index in [9.17, 15) is 19.8 Å². The lowest BCUT2D eigenvalue weighted by Gasteiger charge is -2.29. The van der Waals surface area contributed by atoms with Crippen LogP contribution in [0.4, 0.5) is 4.79 Å². The van der Waals surface area contributed by atoms with Crippen molar-refractivity contribution in [3.8, 4) is 11.5 Å². The van der Waals surface area contributed by atoms with Crippen LogP contribution in [0.5, 0.6) is 11.5 Å². The summed E-state index contributed by atoms with van der Waals surface area (Å²) < 4.78 is 11.7. The third kappa shape index (κ3) is 5.39. The molecule has 0 aromatic heterocycles. The molecule has 1 saturated heterocycles. The second-order valence-electron chi connectivity index (χ2n) is 10.3. The number of hydrogen-bond donors (Lipinski definition) is 2. The first-order valence-corrected chi connectivity index (χ1v) is 13.0. The van der Waals surface area contributed by atoms with E-state index in [2.05, 4.69) is 0 Å². The van der Waals surface area contributed by atoms with Gasteiger partial charge in [-0.3, -0.25) is 9.69 Å². The predicted octanol–water partition coefficient (Wildman–Crippen LogP) is 4.22. The predicted molar refractivity (Wildman–Crippen MR) is 149 cm³/mol. The molecule has 8 nitrogen and oxygen atoms in total. The topological polar surface area (TPSA) is 99.5 Å². The average Bonchev–Trinajstić information content (AvgIpc) is 3.10. The molecule has 202 valence electrons. The Labute approximate surface area is 227 Å². The molecule has 1 aliphatic rings. The van der Waals surface area contributed by atoms with Crippen LogP contribution < -0.4 is 9.47 Å². The van der Waals surface area contributed by atoms with Crippen LogP contribution in [0.15, 0.2) is 84.9 Å². The van der Waals surface area contributed by atoms with Crippen LogP contribution in [0.25, 0.3) is 21.5 Å². The van der Waals surface area contributed by atoms with Crippen molar-refractivity contribution in [1.82, 2.24) is 9.80 Å². The number of benzene rings is 4. The number of nitrogens with zero attached hydrogens (tertiary/aromatic N) is 2. The Bertz CT molecular complexity index is 1490. The summed E-state index contributed by atoms with van der Waals surface area (Å²) in [7, 11) is 0. The molecule has 3 amide bonds. The molecule has 1 fully saturated rings. The molecule has 4 aromatic carbocycles. The molecule has 1 aliphatic heterocycles. The van der Waals surface area contributed by atoms with Gasteiger partial charge in [-0.05, 0) is 36.8 Å². The van der Waals surface area contributed by atoms with Gasteiger partial charge in [0.05, 0.1) is 13.1 Å². The van der Waals surface area contributed by atoms with E-state index in [4.69, 9.17) is 9.47 Å². The zero-order valence-electron chi connectivity index (χ0n) is 22.0. The fourth-order valence-corrected chi connectivity index (χ4v) is 4.93. The monoisotopic (exact) mass is 528 g/mol. The molecule has 0 bridgehead atoms. The quantitative estimate of drug-likeness (QED) is 0.299. The molecule has 0 aliphatic carbocycles. The van der Waals surface area contributed by atoms with Crippen molar-refractivity contribution < 1.29 is 29.3 Å². The van der Waals surface area contributed by atoms with E-state index in [1.54, 1.807) is 13.8 Å². The fourth-order valence-electron chi connectivity index (χ4n) is 4.93. The maximum atomic E-state index is 13.2.